The normalized spacial score (nSPS) is 11.7. The molecule has 0 N–H and O–H groups in total. The summed E-state index contributed by atoms with van der Waals surface area (Å²) in [4.78, 5) is 15.8. The van der Waals surface area contributed by atoms with Gasteiger partial charge in [0.05, 0.1) is 22.1 Å². The van der Waals surface area contributed by atoms with Gasteiger partial charge in [-0.3, -0.25) is 0 Å². The lowest BCUT2D eigenvalue weighted by molar-refractivity contribution is 1.07. The summed E-state index contributed by atoms with van der Waals surface area (Å²) >= 11 is 0. The van der Waals surface area contributed by atoms with E-state index < -0.39 is 0 Å². The second-order valence-electron chi connectivity index (χ2n) is 18.0. The smallest absolute Gasteiger partial charge is 0.164 e. The third-order valence-corrected chi connectivity index (χ3v) is 14.0. The molecule has 0 bridgehead atoms. The second-order valence-corrected chi connectivity index (χ2v) is 18.0. The van der Waals surface area contributed by atoms with Crippen LogP contribution in [0.5, 0.6) is 0 Å². The summed E-state index contributed by atoms with van der Waals surface area (Å²) in [5, 5.41) is 9.83. The molecule has 70 heavy (non-hydrogen) atoms. The molecule has 0 spiro atoms. The number of hydrogen-bond acceptors (Lipinski definition) is 3. The first kappa shape index (κ1) is 39.7. The lowest BCUT2D eigenvalue weighted by atomic mass is 9.98. The van der Waals surface area contributed by atoms with E-state index in [0.29, 0.717) is 17.5 Å². The summed E-state index contributed by atoms with van der Waals surface area (Å²) in [6, 6.07) is 88.7. The van der Waals surface area contributed by atoms with Gasteiger partial charge in [0.25, 0.3) is 0 Å². The van der Waals surface area contributed by atoms with Crippen LogP contribution in [-0.2, 0) is 0 Å². The summed E-state index contributed by atoms with van der Waals surface area (Å²) in [6.45, 7) is 0. The molecule has 11 aromatic carbocycles. The summed E-state index contributed by atoms with van der Waals surface area (Å²) < 4.78 is 4.84. The van der Waals surface area contributed by atoms with Crippen LogP contribution in [0.25, 0.3) is 133 Å². The predicted octanol–water partition coefficient (Wildman–Crippen LogP) is 16.7. The van der Waals surface area contributed by atoms with Crippen LogP contribution in [0.1, 0.15) is 0 Å². The molecule has 0 amide bonds. The molecule has 0 saturated heterocycles. The van der Waals surface area contributed by atoms with E-state index in [9.17, 15) is 0 Å². The standard InChI is InChI=1S/C65H41N5/c1-3-17-42(18-4-1)50-24-11-13-27-53(50)64-66-63(67-65(68-64)54-28-14-12-25-51(54)43-19-5-2-6-20-43)45-31-34-48(35-32-45)69-59-38-36-49(41-57(59)56-39-46-22-7-8-23-47(46)40-61(56)69)70-58-30-16-15-29-55(58)62-52-26-10-9-21-44(52)33-37-60(62)70/h1-41H. The van der Waals surface area contributed by atoms with E-state index in [1.54, 1.807) is 0 Å². The molecule has 0 atom stereocenters. The van der Waals surface area contributed by atoms with Crippen molar-refractivity contribution in [2.75, 3.05) is 0 Å². The SMILES string of the molecule is c1ccc(-c2ccccc2-c2nc(-c3ccc(-n4c5ccc(-n6c7ccccc7c7c8ccccc8ccc76)cc5c5cc6ccccc6cc54)cc3)nc(-c3ccccc3-c3ccccc3)n2)cc1. The Balaban J connectivity index is 0.946. The van der Waals surface area contributed by atoms with Gasteiger partial charge in [-0.2, -0.15) is 0 Å². The van der Waals surface area contributed by atoms with Crippen LogP contribution in [0, 0.1) is 0 Å². The van der Waals surface area contributed by atoms with Gasteiger partial charge in [-0.1, -0.05) is 182 Å². The predicted molar refractivity (Wildman–Crippen MR) is 291 cm³/mol. The third-order valence-electron chi connectivity index (χ3n) is 14.0. The Hall–Kier alpha value is -9.45. The van der Waals surface area contributed by atoms with Crippen molar-refractivity contribution in [2.45, 2.75) is 0 Å². The van der Waals surface area contributed by atoms with E-state index >= 15 is 0 Å². The number of benzene rings is 11. The minimum atomic E-state index is 0.606. The highest BCUT2D eigenvalue weighted by Crippen LogP contribution is 2.41. The molecule has 3 heterocycles. The minimum Gasteiger partial charge on any atom is -0.309 e. The molecule has 5 heteroatoms. The molecular weight excluding hydrogens is 851 g/mol. The van der Waals surface area contributed by atoms with Crippen LogP contribution in [0.2, 0.25) is 0 Å². The Bertz CT molecular complexity index is 4240. The highest BCUT2D eigenvalue weighted by molar-refractivity contribution is 6.22. The maximum atomic E-state index is 5.28. The quantitative estimate of drug-likeness (QED) is 0.160. The molecule has 14 rings (SSSR count). The van der Waals surface area contributed by atoms with E-state index in [4.69, 9.17) is 15.0 Å². The molecule has 3 aromatic heterocycles. The van der Waals surface area contributed by atoms with Crippen molar-refractivity contribution in [2.24, 2.45) is 0 Å². The van der Waals surface area contributed by atoms with E-state index in [-0.39, 0.29) is 0 Å². The number of nitrogens with zero attached hydrogens (tertiary/aromatic N) is 5. The number of rotatable bonds is 7. The summed E-state index contributed by atoms with van der Waals surface area (Å²) in [6.07, 6.45) is 0. The van der Waals surface area contributed by atoms with Gasteiger partial charge in [-0.05, 0) is 111 Å². The Morgan fingerprint density at radius 3 is 1.39 bits per heavy atom. The first-order valence-electron chi connectivity index (χ1n) is 23.8. The molecule has 0 aliphatic carbocycles. The number of para-hydroxylation sites is 1. The maximum absolute atomic E-state index is 5.28. The van der Waals surface area contributed by atoms with Crippen LogP contribution in [0.15, 0.2) is 249 Å². The zero-order chi connectivity index (χ0) is 46.1. The lowest BCUT2D eigenvalue weighted by Crippen LogP contribution is -2.02. The third kappa shape index (κ3) is 6.44. The molecule has 0 aliphatic rings. The van der Waals surface area contributed by atoms with Crippen molar-refractivity contribution < 1.29 is 0 Å². The summed E-state index contributed by atoms with van der Waals surface area (Å²) in [5.74, 6) is 1.84. The zero-order valence-electron chi connectivity index (χ0n) is 37.9. The Labute approximate surface area is 403 Å². The average Bonchev–Trinajstić information content (AvgIpc) is 3.95. The fourth-order valence-corrected chi connectivity index (χ4v) is 10.7. The van der Waals surface area contributed by atoms with E-state index in [0.717, 1.165) is 61.4 Å². The van der Waals surface area contributed by atoms with Crippen molar-refractivity contribution in [3.8, 4) is 67.8 Å². The zero-order valence-corrected chi connectivity index (χ0v) is 37.9. The van der Waals surface area contributed by atoms with Crippen molar-refractivity contribution in [1.29, 1.82) is 0 Å². The van der Waals surface area contributed by atoms with Crippen molar-refractivity contribution >= 4 is 65.2 Å². The summed E-state index contributed by atoms with van der Waals surface area (Å²) in [7, 11) is 0. The molecule has 0 saturated carbocycles. The highest BCUT2D eigenvalue weighted by atomic mass is 15.0. The van der Waals surface area contributed by atoms with Gasteiger partial charge in [0, 0.05) is 49.6 Å². The van der Waals surface area contributed by atoms with E-state index in [1.165, 1.54) is 54.1 Å². The van der Waals surface area contributed by atoms with Crippen molar-refractivity contribution in [1.82, 2.24) is 24.1 Å². The fraction of sp³-hybridized carbons (Fsp3) is 0. The Morgan fingerprint density at radius 2 is 0.714 bits per heavy atom. The fourth-order valence-electron chi connectivity index (χ4n) is 10.7. The number of hydrogen-bond donors (Lipinski definition) is 0. The molecule has 326 valence electrons. The van der Waals surface area contributed by atoms with Gasteiger partial charge in [-0.15, -0.1) is 0 Å². The minimum absolute atomic E-state index is 0.606. The van der Waals surface area contributed by atoms with Gasteiger partial charge < -0.3 is 9.13 Å². The highest BCUT2D eigenvalue weighted by Gasteiger charge is 2.21. The molecule has 0 unspecified atom stereocenters. The van der Waals surface area contributed by atoms with Gasteiger partial charge in [0.15, 0.2) is 17.5 Å². The van der Waals surface area contributed by atoms with Crippen LogP contribution in [-0.4, -0.2) is 24.1 Å². The first-order valence-corrected chi connectivity index (χ1v) is 23.8. The van der Waals surface area contributed by atoms with Gasteiger partial charge >= 0.3 is 0 Å². The largest absolute Gasteiger partial charge is 0.309 e. The molecular formula is C65H41N5. The monoisotopic (exact) mass is 891 g/mol. The summed E-state index contributed by atoms with van der Waals surface area (Å²) in [5.41, 5.74) is 13.9. The van der Waals surface area contributed by atoms with E-state index in [1.807, 2.05) is 12.1 Å². The molecule has 0 radical (unpaired) electrons. The lowest BCUT2D eigenvalue weighted by Gasteiger charge is -2.14. The van der Waals surface area contributed by atoms with Crippen LogP contribution < -0.4 is 0 Å². The maximum Gasteiger partial charge on any atom is 0.164 e. The van der Waals surface area contributed by atoms with Crippen LogP contribution in [0.3, 0.4) is 0 Å². The van der Waals surface area contributed by atoms with Crippen LogP contribution in [0.4, 0.5) is 0 Å². The number of fused-ring (bicyclic) bond motifs is 9. The molecule has 5 nitrogen and oxygen atoms in total. The van der Waals surface area contributed by atoms with Gasteiger partial charge in [0.1, 0.15) is 0 Å². The topological polar surface area (TPSA) is 48.5 Å². The first-order chi connectivity index (χ1) is 34.7. The molecule has 14 aromatic rings. The van der Waals surface area contributed by atoms with Crippen molar-refractivity contribution in [3.05, 3.63) is 249 Å². The van der Waals surface area contributed by atoms with Gasteiger partial charge in [-0.25, -0.2) is 15.0 Å². The Morgan fingerprint density at radius 1 is 0.243 bits per heavy atom. The van der Waals surface area contributed by atoms with Gasteiger partial charge in [0.2, 0.25) is 0 Å². The molecule has 0 aliphatic heterocycles. The molecule has 0 fully saturated rings. The second kappa shape index (κ2) is 16.1. The average molecular weight is 892 g/mol. The Kier molecular flexibility index (Phi) is 9.14. The van der Waals surface area contributed by atoms with Crippen LogP contribution >= 0.6 is 0 Å². The van der Waals surface area contributed by atoms with E-state index in [2.05, 4.69) is 246 Å². The van der Waals surface area contributed by atoms with Crippen molar-refractivity contribution in [3.63, 3.8) is 0 Å². The number of aromatic nitrogens is 5.